The van der Waals surface area contributed by atoms with Crippen molar-refractivity contribution >= 4 is 12.3 Å². The molecule has 1 aromatic carbocycles. The number of hydrogen-bond donors (Lipinski definition) is 0. The normalized spacial score (nSPS) is 34.1. The predicted molar refractivity (Wildman–Crippen MR) is 75.1 cm³/mol. The molecule has 3 rings (SSSR count). The highest BCUT2D eigenvalue weighted by atomic mass is 16.5. The topological polar surface area (TPSA) is 43.4 Å². The van der Waals surface area contributed by atoms with E-state index < -0.39 is 0 Å². The lowest BCUT2D eigenvalue weighted by atomic mass is 9.71. The molecule has 0 N–H and O–H groups in total. The fourth-order valence-corrected chi connectivity index (χ4v) is 3.56. The Bertz CT molecular complexity index is 549. The molecule has 4 atom stereocenters. The van der Waals surface area contributed by atoms with Crippen LogP contribution in [0.2, 0.25) is 0 Å². The minimum atomic E-state index is -0.316. The minimum absolute atomic E-state index is 0.0407. The number of carbonyl (C=O) groups excluding carboxylic acids is 2. The van der Waals surface area contributed by atoms with Crippen LogP contribution in [0, 0.1) is 23.2 Å². The van der Waals surface area contributed by atoms with Gasteiger partial charge in [-0.25, -0.2) is 4.79 Å². The van der Waals surface area contributed by atoms with E-state index in [0.29, 0.717) is 24.0 Å². The fraction of sp³-hybridized carbons (Fsp3) is 0.412. The van der Waals surface area contributed by atoms with Crippen LogP contribution in [0.15, 0.2) is 42.5 Å². The summed E-state index contributed by atoms with van der Waals surface area (Å²) in [7, 11) is 0. The maximum atomic E-state index is 12.0. The number of rotatable bonds is 4. The van der Waals surface area contributed by atoms with Gasteiger partial charge in [-0.3, -0.25) is 0 Å². The lowest BCUT2D eigenvalue weighted by molar-refractivity contribution is -0.116. The third kappa shape index (κ3) is 1.98. The molecule has 0 aromatic heterocycles. The van der Waals surface area contributed by atoms with Crippen LogP contribution < -0.4 is 0 Å². The summed E-state index contributed by atoms with van der Waals surface area (Å²) >= 11 is 0. The average molecular weight is 270 g/mol. The molecular weight excluding hydrogens is 252 g/mol. The summed E-state index contributed by atoms with van der Waals surface area (Å²) in [5.41, 5.74) is 0.295. The van der Waals surface area contributed by atoms with Gasteiger partial charge in [0.25, 0.3) is 0 Å². The molecule has 2 aliphatic carbocycles. The molecule has 0 aliphatic heterocycles. The molecule has 1 saturated carbocycles. The van der Waals surface area contributed by atoms with Gasteiger partial charge >= 0.3 is 5.97 Å². The van der Waals surface area contributed by atoms with Crippen molar-refractivity contribution < 1.29 is 14.3 Å². The molecule has 3 nitrogen and oxygen atoms in total. The van der Waals surface area contributed by atoms with Crippen molar-refractivity contribution in [1.29, 1.82) is 0 Å². The Morgan fingerprint density at radius 1 is 1.35 bits per heavy atom. The zero-order chi connectivity index (χ0) is 14.2. The monoisotopic (exact) mass is 270 g/mol. The molecule has 104 valence electrons. The van der Waals surface area contributed by atoms with Gasteiger partial charge in [0, 0.05) is 11.3 Å². The van der Waals surface area contributed by atoms with Gasteiger partial charge in [0.05, 0.1) is 12.2 Å². The summed E-state index contributed by atoms with van der Waals surface area (Å²) in [4.78, 5) is 23.4. The van der Waals surface area contributed by atoms with Crippen LogP contribution in [0.4, 0.5) is 0 Å². The molecule has 3 heteroatoms. The summed E-state index contributed by atoms with van der Waals surface area (Å²) in [6, 6.07) is 8.96. The van der Waals surface area contributed by atoms with Crippen LogP contribution in [0.5, 0.6) is 0 Å². The number of ether oxygens (including phenoxy) is 1. The zero-order valence-corrected chi connectivity index (χ0v) is 11.5. The lowest BCUT2D eigenvalue weighted by Gasteiger charge is -2.35. The van der Waals surface area contributed by atoms with Gasteiger partial charge in [-0.1, -0.05) is 37.3 Å². The molecule has 2 bridgehead atoms. The maximum Gasteiger partial charge on any atom is 0.338 e. The first kappa shape index (κ1) is 13.1. The van der Waals surface area contributed by atoms with E-state index in [1.54, 1.807) is 12.1 Å². The number of aldehydes is 1. The van der Waals surface area contributed by atoms with Crippen LogP contribution >= 0.6 is 0 Å². The molecule has 0 radical (unpaired) electrons. The number of esters is 1. The third-order valence-corrected chi connectivity index (χ3v) is 4.86. The second-order valence-electron chi connectivity index (χ2n) is 6.00. The van der Waals surface area contributed by atoms with Gasteiger partial charge in [0.15, 0.2) is 0 Å². The number of hydrogen-bond acceptors (Lipinski definition) is 3. The third-order valence-electron chi connectivity index (χ3n) is 4.86. The molecule has 0 saturated heterocycles. The minimum Gasteiger partial charge on any atom is -0.461 e. The van der Waals surface area contributed by atoms with E-state index in [1.165, 1.54) is 0 Å². The summed E-state index contributed by atoms with van der Waals surface area (Å²) < 4.78 is 5.47. The highest BCUT2D eigenvalue weighted by Gasteiger charge is 2.53. The Morgan fingerprint density at radius 2 is 2.10 bits per heavy atom. The van der Waals surface area contributed by atoms with Crippen LogP contribution in [0.3, 0.4) is 0 Å². The number of carbonyl (C=O) groups is 2. The largest absolute Gasteiger partial charge is 0.461 e. The standard InChI is InChI=1S/C17H18O3/c1-17(14-8-7-13(9-14)15(17)10-18)11-20-16(19)12-5-3-2-4-6-12/h2-8,10,13-15H,9,11H2,1H3. The molecule has 2 aliphatic rings. The number of benzene rings is 1. The van der Waals surface area contributed by atoms with E-state index in [1.807, 2.05) is 18.2 Å². The number of fused-ring (bicyclic) bond motifs is 2. The molecular formula is C17H18O3. The highest BCUT2D eigenvalue weighted by molar-refractivity contribution is 5.89. The first-order valence-electron chi connectivity index (χ1n) is 7.01. The molecule has 1 aromatic rings. The molecule has 1 fully saturated rings. The Morgan fingerprint density at radius 3 is 2.80 bits per heavy atom. The van der Waals surface area contributed by atoms with Crippen molar-refractivity contribution in [2.24, 2.45) is 23.2 Å². The van der Waals surface area contributed by atoms with Crippen LogP contribution in [0.25, 0.3) is 0 Å². The molecule has 20 heavy (non-hydrogen) atoms. The summed E-state index contributed by atoms with van der Waals surface area (Å²) in [5, 5.41) is 0. The zero-order valence-electron chi connectivity index (χ0n) is 11.5. The molecule has 0 heterocycles. The quantitative estimate of drug-likeness (QED) is 0.480. The Balaban J connectivity index is 1.70. The van der Waals surface area contributed by atoms with E-state index >= 15 is 0 Å². The predicted octanol–water partition coefficient (Wildman–Crippen LogP) is 2.87. The van der Waals surface area contributed by atoms with Gasteiger partial charge in [0.1, 0.15) is 6.29 Å². The van der Waals surface area contributed by atoms with Gasteiger partial charge in [0.2, 0.25) is 0 Å². The van der Waals surface area contributed by atoms with Crippen molar-refractivity contribution in [1.82, 2.24) is 0 Å². The van der Waals surface area contributed by atoms with E-state index in [0.717, 1.165) is 12.7 Å². The van der Waals surface area contributed by atoms with Crippen LogP contribution in [-0.4, -0.2) is 18.9 Å². The molecule has 4 unspecified atom stereocenters. The summed E-state index contributed by atoms with van der Waals surface area (Å²) in [6.07, 6.45) is 6.33. The van der Waals surface area contributed by atoms with Gasteiger partial charge < -0.3 is 9.53 Å². The van der Waals surface area contributed by atoms with Crippen molar-refractivity contribution in [3.63, 3.8) is 0 Å². The molecule has 0 amide bonds. The Labute approximate surface area is 118 Å². The van der Waals surface area contributed by atoms with E-state index in [9.17, 15) is 9.59 Å². The van der Waals surface area contributed by atoms with Crippen molar-refractivity contribution in [2.45, 2.75) is 13.3 Å². The van der Waals surface area contributed by atoms with Gasteiger partial charge in [-0.2, -0.15) is 0 Å². The van der Waals surface area contributed by atoms with E-state index in [-0.39, 0.29) is 17.3 Å². The van der Waals surface area contributed by atoms with Crippen LogP contribution in [0.1, 0.15) is 23.7 Å². The maximum absolute atomic E-state index is 12.0. The van der Waals surface area contributed by atoms with Crippen LogP contribution in [-0.2, 0) is 9.53 Å². The summed E-state index contributed by atoms with van der Waals surface area (Å²) in [6.45, 7) is 2.36. The fourth-order valence-electron chi connectivity index (χ4n) is 3.56. The highest BCUT2D eigenvalue weighted by Crippen LogP contribution is 2.55. The summed E-state index contributed by atoms with van der Waals surface area (Å²) in [5.74, 6) is 0.300. The number of allylic oxidation sites excluding steroid dienone is 2. The van der Waals surface area contributed by atoms with Gasteiger partial charge in [-0.15, -0.1) is 0 Å². The van der Waals surface area contributed by atoms with Gasteiger partial charge in [-0.05, 0) is 30.4 Å². The van der Waals surface area contributed by atoms with Crippen molar-refractivity contribution in [3.8, 4) is 0 Å². The average Bonchev–Trinajstić information content (AvgIpc) is 3.05. The second-order valence-corrected chi connectivity index (χ2v) is 6.00. The first-order chi connectivity index (χ1) is 9.65. The Hall–Kier alpha value is -1.90. The SMILES string of the molecule is CC1(COC(=O)c2ccccc2)C2C=CC(C2)C1C=O. The Kier molecular flexibility index (Phi) is 3.20. The second kappa shape index (κ2) is 4.89. The smallest absolute Gasteiger partial charge is 0.338 e. The first-order valence-corrected chi connectivity index (χ1v) is 7.01. The van der Waals surface area contributed by atoms with Crippen molar-refractivity contribution in [3.05, 3.63) is 48.0 Å². The lowest BCUT2D eigenvalue weighted by Crippen LogP contribution is -2.37. The molecule has 0 spiro atoms. The van der Waals surface area contributed by atoms with E-state index in [2.05, 4.69) is 19.1 Å². The van der Waals surface area contributed by atoms with E-state index in [4.69, 9.17) is 4.74 Å². The van der Waals surface area contributed by atoms with Crippen molar-refractivity contribution in [2.75, 3.05) is 6.61 Å².